The molecule has 0 bridgehead atoms. The molecule has 6 heteroatoms. The zero-order valence-corrected chi connectivity index (χ0v) is 22.9. The minimum atomic E-state index is -0.613. The standard InChI is InChI=1S/C29H33BrN2O2S/c1-29(2,3)31-28(34)26(18-22-10-6-4-7-11-22)32(19-23-12-8-5-9-13-23)27(33)21-35-20-24-14-16-25(30)17-15-24/h4-17,26H,18-21H2,1-3H3,(H,31,34)/t26-/m0/s1. The Kier molecular flexibility index (Phi) is 9.99. The SMILES string of the molecule is CC(C)(C)NC(=O)[C@H](Cc1ccccc1)N(Cc1ccccc1)C(=O)CSCc1ccc(Br)cc1. The number of amides is 2. The molecule has 0 saturated carbocycles. The molecule has 0 aliphatic rings. The third kappa shape index (κ3) is 9.19. The van der Waals surface area contributed by atoms with Crippen molar-refractivity contribution in [3.05, 3.63) is 106 Å². The highest BCUT2D eigenvalue weighted by Gasteiger charge is 2.32. The summed E-state index contributed by atoms with van der Waals surface area (Å²) in [5.74, 6) is 0.858. The Labute approximate surface area is 221 Å². The van der Waals surface area contributed by atoms with E-state index in [0.717, 1.165) is 26.9 Å². The van der Waals surface area contributed by atoms with E-state index in [1.54, 1.807) is 16.7 Å². The summed E-state index contributed by atoms with van der Waals surface area (Å²) >= 11 is 5.03. The van der Waals surface area contributed by atoms with Crippen LogP contribution < -0.4 is 5.32 Å². The van der Waals surface area contributed by atoms with Crippen molar-refractivity contribution in [3.8, 4) is 0 Å². The lowest BCUT2D eigenvalue weighted by molar-refractivity contribution is -0.140. The van der Waals surface area contributed by atoms with Crippen LogP contribution in [0.1, 0.15) is 37.5 Å². The Morgan fingerprint density at radius 1 is 0.857 bits per heavy atom. The van der Waals surface area contributed by atoms with Gasteiger partial charge in [-0.05, 0) is 49.6 Å². The van der Waals surface area contributed by atoms with Crippen LogP contribution in [0.5, 0.6) is 0 Å². The van der Waals surface area contributed by atoms with E-state index in [1.165, 1.54) is 0 Å². The van der Waals surface area contributed by atoms with Crippen LogP contribution in [0.3, 0.4) is 0 Å². The summed E-state index contributed by atoms with van der Waals surface area (Å²) in [5, 5.41) is 3.10. The van der Waals surface area contributed by atoms with Crippen molar-refractivity contribution in [2.75, 3.05) is 5.75 Å². The molecule has 0 aliphatic heterocycles. The van der Waals surface area contributed by atoms with E-state index >= 15 is 0 Å². The Bertz CT molecular complexity index is 1080. The second kappa shape index (κ2) is 12.9. The molecule has 3 rings (SSSR count). The quantitative estimate of drug-likeness (QED) is 0.324. The van der Waals surface area contributed by atoms with E-state index in [2.05, 4.69) is 33.4 Å². The molecule has 3 aromatic rings. The van der Waals surface area contributed by atoms with Gasteiger partial charge in [0.1, 0.15) is 6.04 Å². The zero-order chi connectivity index (χ0) is 25.3. The Balaban J connectivity index is 1.83. The van der Waals surface area contributed by atoms with Crippen LogP contribution in [0.15, 0.2) is 89.4 Å². The number of halogens is 1. The van der Waals surface area contributed by atoms with Crippen LogP contribution in [0.2, 0.25) is 0 Å². The lowest BCUT2D eigenvalue weighted by Crippen LogP contribution is -2.54. The Hall–Kier alpha value is -2.57. The van der Waals surface area contributed by atoms with Crippen LogP contribution in [-0.4, -0.2) is 34.0 Å². The average Bonchev–Trinajstić information content (AvgIpc) is 2.82. The first-order valence-corrected chi connectivity index (χ1v) is 13.7. The van der Waals surface area contributed by atoms with Crippen molar-refractivity contribution < 1.29 is 9.59 Å². The summed E-state index contributed by atoms with van der Waals surface area (Å²) in [5.41, 5.74) is 2.78. The third-order valence-corrected chi connectivity index (χ3v) is 6.89. The van der Waals surface area contributed by atoms with Gasteiger partial charge in [-0.2, -0.15) is 0 Å². The van der Waals surface area contributed by atoms with E-state index in [1.807, 2.05) is 93.6 Å². The van der Waals surface area contributed by atoms with Crippen LogP contribution in [0, 0.1) is 0 Å². The molecular formula is C29H33BrN2O2S. The normalized spacial score (nSPS) is 12.1. The monoisotopic (exact) mass is 552 g/mol. The fourth-order valence-electron chi connectivity index (χ4n) is 3.71. The van der Waals surface area contributed by atoms with Crippen molar-refractivity contribution >= 4 is 39.5 Å². The first kappa shape index (κ1) is 27.0. The largest absolute Gasteiger partial charge is 0.350 e. The number of thioether (sulfide) groups is 1. The van der Waals surface area contributed by atoms with Gasteiger partial charge in [0, 0.05) is 28.7 Å². The highest BCUT2D eigenvalue weighted by atomic mass is 79.9. The Morgan fingerprint density at radius 3 is 2.00 bits per heavy atom. The smallest absolute Gasteiger partial charge is 0.243 e. The van der Waals surface area contributed by atoms with Gasteiger partial charge in [0.05, 0.1) is 5.75 Å². The maximum Gasteiger partial charge on any atom is 0.243 e. The van der Waals surface area contributed by atoms with Crippen LogP contribution in [0.25, 0.3) is 0 Å². The topological polar surface area (TPSA) is 49.4 Å². The molecule has 0 spiro atoms. The third-order valence-electron chi connectivity index (χ3n) is 5.37. The molecule has 4 nitrogen and oxygen atoms in total. The predicted molar refractivity (Wildman–Crippen MR) is 149 cm³/mol. The summed E-state index contributed by atoms with van der Waals surface area (Å²) in [6, 6.07) is 27.3. The van der Waals surface area contributed by atoms with Gasteiger partial charge in [0.15, 0.2) is 0 Å². The van der Waals surface area contributed by atoms with Gasteiger partial charge in [-0.25, -0.2) is 0 Å². The van der Waals surface area contributed by atoms with Crippen LogP contribution in [0.4, 0.5) is 0 Å². The van der Waals surface area contributed by atoms with Gasteiger partial charge in [-0.15, -0.1) is 11.8 Å². The molecule has 0 heterocycles. The number of carbonyl (C=O) groups is 2. The van der Waals surface area contributed by atoms with Crippen LogP contribution in [-0.2, 0) is 28.3 Å². The van der Waals surface area contributed by atoms with Crippen molar-refractivity contribution in [1.29, 1.82) is 0 Å². The molecular weight excluding hydrogens is 520 g/mol. The fourth-order valence-corrected chi connectivity index (χ4v) is 4.84. The summed E-state index contributed by atoms with van der Waals surface area (Å²) < 4.78 is 1.03. The van der Waals surface area contributed by atoms with Gasteiger partial charge in [-0.3, -0.25) is 9.59 Å². The first-order chi connectivity index (χ1) is 16.7. The summed E-state index contributed by atoms with van der Waals surface area (Å²) in [4.78, 5) is 28.9. The van der Waals surface area contributed by atoms with Crippen molar-refractivity contribution in [1.82, 2.24) is 10.2 Å². The van der Waals surface area contributed by atoms with E-state index in [-0.39, 0.29) is 11.8 Å². The molecule has 0 aromatic heterocycles. The summed E-state index contributed by atoms with van der Waals surface area (Å²) in [6.45, 7) is 6.26. The van der Waals surface area contributed by atoms with E-state index in [9.17, 15) is 9.59 Å². The molecule has 1 atom stereocenters. The summed E-state index contributed by atoms with van der Waals surface area (Å²) in [7, 11) is 0. The lowest BCUT2D eigenvalue weighted by atomic mass is 10.0. The molecule has 2 amide bonds. The number of hydrogen-bond acceptors (Lipinski definition) is 3. The van der Waals surface area contributed by atoms with Gasteiger partial charge >= 0.3 is 0 Å². The fraction of sp³-hybridized carbons (Fsp3) is 0.310. The lowest BCUT2D eigenvalue weighted by Gasteiger charge is -2.34. The second-order valence-corrected chi connectivity index (χ2v) is 11.5. The molecule has 0 aliphatic carbocycles. The van der Waals surface area contributed by atoms with E-state index < -0.39 is 11.6 Å². The maximum absolute atomic E-state index is 13.6. The summed E-state index contributed by atoms with van der Waals surface area (Å²) in [6.07, 6.45) is 0.457. The van der Waals surface area contributed by atoms with Crippen LogP contribution >= 0.6 is 27.7 Å². The van der Waals surface area contributed by atoms with Gasteiger partial charge in [0.25, 0.3) is 0 Å². The maximum atomic E-state index is 13.6. The number of hydrogen-bond donors (Lipinski definition) is 1. The predicted octanol–water partition coefficient (Wildman–Crippen LogP) is 6.24. The number of carbonyl (C=O) groups excluding carboxylic acids is 2. The van der Waals surface area contributed by atoms with E-state index in [4.69, 9.17) is 0 Å². The molecule has 184 valence electrons. The molecule has 1 N–H and O–H groups in total. The zero-order valence-electron chi connectivity index (χ0n) is 20.5. The average molecular weight is 554 g/mol. The van der Waals surface area contributed by atoms with Crippen molar-refractivity contribution in [2.45, 2.75) is 51.1 Å². The van der Waals surface area contributed by atoms with Gasteiger partial charge in [-0.1, -0.05) is 88.7 Å². The van der Waals surface area contributed by atoms with Gasteiger partial charge < -0.3 is 10.2 Å². The Morgan fingerprint density at radius 2 is 1.43 bits per heavy atom. The molecule has 0 radical (unpaired) electrons. The molecule has 3 aromatic carbocycles. The van der Waals surface area contributed by atoms with Crippen molar-refractivity contribution in [3.63, 3.8) is 0 Å². The van der Waals surface area contributed by atoms with Crippen molar-refractivity contribution in [2.24, 2.45) is 0 Å². The highest BCUT2D eigenvalue weighted by Crippen LogP contribution is 2.20. The number of benzene rings is 3. The number of nitrogens with one attached hydrogen (secondary N) is 1. The number of nitrogens with zero attached hydrogens (tertiary/aromatic N) is 1. The highest BCUT2D eigenvalue weighted by molar-refractivity contribution is 9.10. The number of rotatable bonds is 10. The molecule has 0 unspecified atom stereocenters. The second-order valence-electron chi connectivity index (χ2n) is 9.57. The first-order valence-electron chi connectivity index (χ1n) is 11.7. The minimum Gasteiger partial charge on any atom is -0.350 e. The van der Waals surface area contributed by atoms with Gasteiger partial charge in [0.2, 0.25) is 11.8 Å². The molecule has 0 saturated heterocycles. The minimum absolute atomic E-state index is 0.0408. The van der Waals surface area contributed by atoms with E-state index in [0.29, 0.717) is 18.7 Å². The molecule has 35 heavy (non-hydrogen) atoms. The molecule has 0 fully saturated rings.